The molecule has 0 bridgehead atoms. The molecule has 1 aromatic carbocycles. The van der Waals surface area contributed by atoms with Crippen molar-refractivity contribution in [1.82, 2.24) is 5.17 Å². The highest BCUT2D eigenvalue weighted by Crippen LogP contribution is 2.25. The van der Waals surface area contributed by atoms with Crippen molar-refractivity contribution in [3.63, 3.8) is 0 Å². The van der Waals surface area contributed by atoms with Gasteiger partial charge in [-0.1, -0.05) is 19.1 Å². The summed E-state index contributed by atoms with van der Waals surface area (Å²) in [7, 11) is 1.63. The Labute approximate surface area is 88.7 Å². The fourth-order valence-electron chi connectivity index (χ4n) is 1.77. The van der Waals surface area contributed by atoms with Gasteiger partial charge in [0.25, 0.3) is 0 Å². The van der Waals surface area contributed by atoms with Crippen molar-refractivity contribution in [1.29, 1.82) is 0 Å². The van der Waals surface area contributed by atoms with Gasteiger partial charge in [-0.2, -0.15) is 10.3 Å². The van der Waals surface area contributed by atoms with Crippen molar-refractivity contribution in [2.45, 2.75) is 6.92 Å². The molecule has 1 atom stereocenters. The van der Waals surface area contributed by atoms with Gasteiger partial charge in [-0.05, 0) is 12.1 Å². The molecule has 0 aliphatic carbocycles. The predicted octanol–water partition coefficient (Wildman–Crippen LogP) is 1.74. The highest BCUT2D eigenvalue weighted by molar-refractivity contribution is 6.04. The molecule has 0 saturated carbocycles. The Kier molecular flexibility index (Phi) is 2.60. The van der Waals surface area contributed by atoms with Crippen LogP contribution in [0.4, 0.5) is 0 Å². The first-order valence-electron chi connectivity index (χ1n) is 4.90. The monoisotopic (exact) mass is 206 g/mol. The molecule has 0 saturated heterocycles. The van der Waals surface area contributed by atoms with Gasteiger partial charge in [-0.15, -0.1) is 0 Å². The first-order chi connectivity index (χ1) is 7.22. The van der Waals surface area contributed by atoms with Crippen molar-refractivity contribution < 1.29 is 9.94 Å². The second-order valence-corrected chi connectivity index (χ2v) is 3.64. The second kappa shape index (κ2) is 3.90. The molecule has 4 nitrogen and oxygen atoms in total. The van der Waals surface area contributed by atoms with E-state index in [1.165, 1.54) is 0 Å². The van der Waals surface area contributed by atoms with E-state index < -0.39 is 0 Å². The largest absolute Gasteiger partial charge is 0.496 e. The molecule has 4 heteroatoms. The van der Waals surface area contributed by atoms with E-state index in [0.717, 1.165) is 22.2 Å². The molecule has 1 aliphatic rings. The number of rotatable bonds is 2. The smallest absolute Gasteiger partial charge is 0.127 e. The fraction of sp³-hybridized carbons (Fsp3) is 0.364. The molecule has 1 aliphatic heterocycles. The van der Waals surface area contributed by atoms with Crippen LogP contribution in [0.25, 0.3) is 0 Å². The summed E-state index contributed by atoms with van der Waals surface area (Å²) in [5, 5.41) is 14.4. The third-order valence-electron chi connectivity index (χ3n) is 2.51. The Hall–Kier alpha value is -1.55. The molecule has 1 aromatic rings. The number of para-hydroxylation sites is 1. The molecular formula is C11H14N2O2. The first-order valence-corrected chi connectivity index (χ1v) is 4.90. The maximum Gasteiger partial charge on any atom is 0.127 e. The fourth-order valence-corrected chi connectivity index (χ4v) is 1.77. The van der Waals surface area contributed by atoms with E-state index in [4.69, 9.17) is 4.74 Å². The van der Waals surface area contributed by atoms with Gasteiger partial charge in [0.1, 0.15) is 5.75 Å². The summed E-state index contributed by atoms with van der Waals surface area (Å²) in [5.41, 5.74) is 1.82. The molecule has 0 fully saturated rings. The topological polar surface area (TPSA) is 45.1 Å². The van der Waals surface area contributed by atoms with Gasteiger partial charge in [-0.3, -0.25) is 5.21 Å². The lowest BCUT2D eigenvalue weighted by Gasteiger charge is -2.09. The van der Waals surface area contributed by atoms with Gasteiger partial charge < -0.3 is 4.74 Å². The number of ether oxygens (including phenoxy) is 1. The summed E-state index contributed by atoms with van der Waals surface area (Å²) >= 11 is 0. The van der Waals surface area contributed by atoms with Gasteiger partial charge >= 0.3 is 0 Å². The van der Waals surface area contributed by atoms with Crippen molar-refractivity contribution >= 4 is 5.71 Å². The van der Waals surface area contributed by atoms with Crippen molar-refractivity contribution in [3.05, 3.63) is 29.8 Å². The van der Waals surface area contributed by atoms with Crippen LogP contribution in [-0.2, 0) is 0 Å². The van der Waals surface area contributed by atoms with Crippen molar-refractivity contribution in [2.75, 3.05) is 13.7 Å². The maximum atomic E-state index is 9.30. The summed E-state index contributed by atoms with van der Waals surface area (Å²) < 4.78 is 5.26. The SMILES string of the molecule is COc1ccccc1C1=NN(O)CC1C. The van der Waals surface area contributed by atoms with Crippen LogP contribution in [0.1, 0.15) is 12.5 Å². The van der Waals surface area contributed by atoms with Crippen LogP contribution in [-0.4, -0.2) is 29.7 Å². The summed E-state index contributed by atoms with van der Waals surface area (Å²) in [6, 6.07) is 7.70. The molecule has 0 amide bonds. The van der Waals surface area contributed by atoms with Gasteiger partial charge in [0.05, 0.1) is 19.4 Å². The van der Waals surface area contributed by atoms with Crippen LogP contribution in [0.3, 0.4) is 0 Å². The molecule has 80 valence electrons. The Morgan fingerprint density at radius 3 is 2.80 bits per heavy atom. The lowest BCUT2D eigenvalue weighted by Crippen LogP contribution is -2.14. The third-order valence-corrected chi connectivity index (χ3v) is 2.51. The second-order valence-electron chi connectivity index (χ2n) is 3.64. The van der Waals surface area contributed by atoms with E-state index in [1.54, 1.807) is 7.11 Å². The minimum absolute atomic E-state index is 0.214. The molecule has 0 aromatic heterocycles. The third kappa shape index (κ3) is 1.80. The van der Waals surface area contributed by atoms with E-state index in [1.807, 2.05) is 31.2 Å². The molecule has 1 unspecified atom stereocenters. The van der Waals surface area contributed by atoms with E-state index >= 15 is 0 Å². The molecule has 2 rings (SSSR count). The average molecular weight is 206 g/mol. The summed E-state index contributed by atoms with van der Waals surface area (Å²) in [6.07, 6.45) is 0. The number of hydrazone groups is 1. The normalized spacial score (nSPS) is 20.3. The number of hydroxylamine groups is 1. The van der Waals surface area contributed by atoms with Crippen LogP contribution in [0, 0.1) is 5.92 Å². The summed E-state index contributed by atoms with van der Waals surface area (Å²) in [5.74, 6) is 1.00. The molecule has 1 heterocycles. The zero-order valence-electron chi connectivity index (χ0n) is 8.84. The molecule has 0 radical (unpaired) electrons. The Morgan fingerprint density at radius 2 is 2.20 bits per heavy atom. The molecule has 15 heavy (non-hydrogen) atoms. The Balaban J connectivity index is 2.41. The number of nitrogens with zero attached hydrogens (tertiary/aromatic N) is 2. The van der Waals surface area contributed by atoms with Crippen molar-refractivity contribution in [3.8, 4) is 5.75 Å². The zero-order valence-corrected chi connectivity index (χ0v) is 8.84. The predicted molar refractivity (Wildman–Crippen MR) is 57.2 cm³/mol. The van der Waals surface area contributed by atoms with Gasteiger partial charge in [0.15, 0.2) is 0 Å². The Bertz CT molecular complexity index is 390. The van der Waals surface area contributed by atoms with E-state index in [2.05, 4.69) is 5.10 Å². The van der Waals surface area contributed by atoms with Crippen LogP contribution < -0.4 is 4.74 Å². The maximum absolute atomic E-state index is 9.30. The summed E-state index contributed by atoms with van der Waals surface area (Å²) in [4.78, 5) is 0. The molecule has 0 spiro atoms. The van der Waals surface area contributed by atoms with E-state index in [9.17, 15) is 5.21 Å². The van der Waals surface area contributed by atoms with Crippen LogP contribution >= 0.6 is 0 Å². The lowest BCUT2D eigenvalue weighted by molar-refractivity contribution is -0.0835. The first kappa shape index (κ1) is 9.98. The van der Waals surface area contributed by atoms with E-state index in [-0.39, 0.29) is 5.92 Å². The number of hydrogen-bond donors (Lipinski definition) is 1. The minimum Gasteiger partial charge on any atom is -0.496 e. The number of hydrogen-bond acceptors (Lipinski definition) is 4. The lowest BCUT2D eigenvalue weighted by atomic mass is 9.99. The molecular weight excluding hydrogens is 192 g/mol. The van der Waals surface area contributed by atoms with Crippen LogP contribution in [0.5, 0.6) is 5.75 Å². The quantitative estimate of drug-likeness (QED) is 0.801. The summed E-state index contributed by atoms with van der Waals surface area (Å²) in [6.45, 7) is 2.56. The molecule has 1 N–H and O–H groups in total. The van der Waals surface area contributed by atoms with Gasteiger partial charge in [0, 0.05) is 11.5 Å². The number of benzene rings is 1. The zero-order chi connectivity index (χ0) is 10.8. The van der Waals surface area contributed by atoms with Crippen LogP contribution in [0.15, 0.2) is 29.4 Å². The van der Waals surface area contributed by atoms with Crippen LogP contribution in [0.2, 0.25) is 0 Å². The standard InChI is InChI=1S/C11H14N2O2/c1-8-7-13(14)12-11(8)9-5-3-4-6-10(9)15-2/h3-6,8,14H,7H2,1-2H3. The van der Waals surface area contributed by atoms with Crippen molar-refractivity contribution in [2.24, 2.45) is 11.0 Å². The highest BCUT2D eigenvalue weighted by Gasteiger charge is 2.24. The van der Waals surface area contributed by atoms with Gasteiger partial charge in [-0.25, -0.2) is 0 Å². The van der Waals surface area contributed by atoms with E-state index in [0.29, 0.717) is 6.54 Å². The highest BCUT2D eigenvalue weighted by atomic mass is 16.5. The number of methoxy groups -OCH3 is 1. The Morgan fingerprint density at radius 1 is 1.47 bits per heavy atom. The van der Waals surface area contributed by atoms with Gasteiger partial charge in [0.2, 0.25) is 0 Å². The average Bonchev–Trinajstić information content (AvgIpc) is 2.57. The minimum atomic E-state index is 0.214.